The van der Waals surface area contributed by atoms with E-state index in [9.17, 15) is 9.59 Å². The standard InChI is InChI=1S/C23H22N2O4/c1-16-5-4-7-18(11-16)24-23(27)15-29-22-14-28-19(12-21(22)26)13-25-10-9-17-6-2-3-8-20(17)25/h2-8,11-12,14H,9-10,13,15H2,1H3,(H,24,27). The number of fused-ring (bicyclic) bond motifs is 1. The maximum atomic E-state index is 12.3. The van der Waals surface area contributed by atoms with Gasteiger partial charge in [0.2, 0.25) is 11.2 Å². The molecule has 0 aliphatic carbocycles. The highest BCUT2D eigenvalue weighted by Crippen LogP contribution is 2.28. The number of amides is 1. The second-order valence-corrected chi connectivity index (χ2v) is 7.08. The monoisotopic (exact) mass is 390 g/mol. The number of rotatable bonds is 6. The first-order valence-corrected chi connectivity index (χ1v) is 9.52. The lowest BCUT2D eigenvalue weighted by atomic mass is 10.2. The number of nitrogens with zero attached hydrogens (tertiary/aromatic N) is 1. The van der Waals surface area contributed by atoms with Gasteiger partial charge in [-0.1, -0.05) is 30.3 Å². The van der Waals surface area contributed by atoms with Gasteiger partial charge in [0, 0.05) is 24.0 Å². The highest BCUT2D eigenvalue weighted by molar-refractivity contribution is 5.91. The van der Waals surface area contributed by atoms with Crippen LogP contribution < -0.4 is 20.4 Å². The average molecular weight is 390 g/mol. The highest BCUT2D eigenvalue weighted by Gasteiger charge is 2.19. The summed E-state index contributed by atoms with van der Waals surface area (Å²) in [5, 5.41) is 2.74. The lowest BCUT2D eigenvalue weighted by molar-refractivity contribution is -0.118. The topological polar surface area (TPSA) is 71.8 Å². The van der Waals surface area contributed by atoms with Crippen LogP contribution in [0, 0.1) is 6.92 Å². The number of carbonyl (C=O) groups excluding carboxylic acids is 1. The molecule has 0 fully saturated rings. The molecule has 148 valence electrons. The molecular weight excluding hydrogens is 368 g/mol. The van der Waals surface area contributed by atoms with E-state index in [0.717, 1.165) is 18.5 Å². The van der Waals surface area contributed by atoms with Gasteiger partial charge in [-0.15, -0.1) is 0 Å². The molecule has 6 heteroatoms. The van der Waals surface area contributed by atoms with Crippen molar-refractivity contribution in [3.8, 4) is 5.75 Å². The molecule has 29 heavy (non-hydrogen) atoms. The molecule has 0 bridgehead atoms. The molecule has 0 unspecified atom stereocenters. The summed E-state index contributed by atoms with van der Waals surface area (Å²) >= 11 is 0. The van der Waals surface area contributed by atoms with Gasteiger partial charge < -0.3 is 19.4 Å². The Bertz CT molecular complexity index is 1090. The lowest BCUT2D eigenvalue weighted by Crippen LogP contribution is -2.23. The van der Waals surface area contributed by atoms with Crippen molar-refractivity contribution < 1.29 is 13.9 Å². The number of benzene rings is 2. The molecular formula is C23H22N2O4. The molecule has 1 N–H and O–H groups in total. The second kappa shape index (κ2) is 8.22. The van der Waals surface area contributed by atoms with E-state index in [1.807, 2.05) is 37.3 Å². The minimum absolute atomic E-state index is 0.0231. The zero-order valence-electron chi connectivity index (χ0n) is 16.2. The van der Waals surface area contributed by atoms with Crippen LogP contribution in [-0.4, -0.2) is 19.1 Å². The fourth-order valence-corrected chi connectivity index (χ4v) is 3.45. The van der Waals surface area contributed by atoms with Crippen LogP contribution in [-0.2, 0) is 17.8 Å². The van der Waals surface area contributed by atoms with Gasteiger partial charge in [-0.3, -0.25) is 9.59 Å². The van der Waals surface area contributed by atoms with E-state index in [1.54, 1.807) is 6.07 Å². The van der Waals surface area contributed by atoms with Crippen molar-refractivity contribution in [2.24, 2.45) is 0 Å². The van der Waals surface area contributed by atoms with Gasteiger partial charge >= 0.3 is 0 Å². The number of anilines is 2. The zero-order chi connectivity index (χ0) is 20.2. The Hall–Kier alpha value is -3.54. The molecule has 0 atom stereocenters. The molecule has 0 spiro atoms. The quantitative estimate of drug-likeness (QED) is 0.697. The Morgan fingerprint density at radius 3 is 2.86 bits per heavy atom. The van der Waals surface area contributed by atoms with Gasteiger partial charge in [0.05, 0.1) is 6.54 Å². The van der Waals surface area contributed by atoms with Crippen LogP contribution in [0.2, 0.25) is 0 Å². The third kappa shape index (κ3) is 4.48. The van der Waals surface area contributed by atoms with Crippen LogP contribution in [0.5, 0.6) is 5.75 Å². The highest BCUT2D eigenvalue weighted by atomic mass is 16.5. The van der Waals surface area contributed by atoms with E-state index in [4.69, 9.17) is 9.15 Å². The molecule has 3 aromatic rings. The first kappa shape index (κ1) is 18.8. The molecule has 6 nitrogen and oxygen atoms in total. The fraction of sp³-hybridized carbons (Fsp3) is 0.217. The Morgan fingerprint density at radius 1 is 1.17 bits per heavy atom. The molecule has 0 saturated carbocycles. The van der Waals surface area contributed by atoms with Crippen LogP contribution in [0.15, 0.2) is 70.1 Å². The predicted molar refractivity (Wildman–Crippen MR) is 111 cm³/mol. The van der Waals surface area contributed by atoms with Crippen LogP contribution in [0.25, 0.3) is 0 Å². The van der Waals surface area contributed by atoms with E-state index < -0.39 is 0 Å². The minimum Gasteiger partial charge on any atom is -0.477 e. The lowest BCUT2D eigenvalue weighted by Gasteiger charge is -2.18. The number of carbonyl (C=O) groups is 1. The molecule has 0 saturated heterocycles. The van der Waals surface area contributed by atoms with Crippen LogP contribution in [0.3, 0.4) is 0 Å². The van der Waals surface area contributed by atoms with E-state index in [0.29, 0.717) is 18.0 Å². The van der Waals surface area contributed by atoms with Crippen LogP contribution in [0.1, 0.15) is 16.9 Å². The molecule has 1 aromatic heterocycles. The minimum atomic E-state index is -0.340. The second-order valence-electron chi connectivity index (χ2n) is 7.08. The number of aryl methyl sites for hydroxylation is 1. The average Bonchev–Trinajstić information content (AvgIpc) is 3.10. The summed E-state index contributed by atoms with van der Waals surface area (Å²) in [7, 11) is 0. The van der Waals surface area contributed by atoms with Crippen molar-refractivity contribution in [1.29, 1.82) is 0 Å². The predicted octanol–water partition coefficient (Wildman–Crippen LogP) is 3.53. The third-order valence-corrected chi connectivity index (χ3v) is 4.84. The summed E-state index contributed by atoms with van der Waals surface area (Å²) in [5.41, 5.74) is 3.90. The molecule has 0 radical (unpaired) electrons. The summed E-state index contributed by atoms with van der Waals surface area (Å²) in [6.45, 7) is 3.08. The molecule has 1 aliphatic rings. The van der Waals surface area contributed by atoms with Crippen molar-refractivity contribution in [1.82, 2.24) is 0 Å². The summed E-state index contributed by atoms with van der Waals surface area (Å²) in [6.07, 6.45) is 2.26. The van der Waals surface area contributed by atoms with Crippen molar-refractivity contribution in [2.45, 2.75) is 19.9 Å². The maximum Gasteiger partial charge on any atom is 0.262 e. The van der Waals surface area contributed by atoms with Crippen molar-refractivity contribution >= 4 is 17.3 Å². The smallest absolute Gasteiger partial charge is 0.262 e. The molecule has 2 heterocycles. The Labute approximate surface area is 168 Å². The molecule has 1 amide bonds. The van der Waals surface area contributed by atoms with Crippen LogP contribution in [0.4, 0.5) is 11.4 Å². The summed E-state index contributed by atoms with van der Waals surface area (Å²) in [4.78, 5) is 26.6. The first-order valence-electron chi connectivity index (χ1n) is 9.52. The number of hydrogen-bond acceptors (Lipinski definition) is 5. The van der Waals surface area contributed by atoms with E-state index in [2.05, 4.69) is 22.3 Å². The maximum absolute atomic E-state index is 12.3. The fourth-order valence-electron chi connectivity index (χ4n) is 3.45. The van der Waals surface area contributed by atoms with E-state index in [1.165, 1.54) is 23.6 Å². The van der Waals surface area contributed by atoms with E-state index >= 15 is 0 Å². The zero-order valence-corrected chi connectivity index (χ0v) is 16.2. The summed E-state index contributed by atoms with van der Waals surface area (Å²) in [6, 6.07) is 17.1. The number of ether oxygens (including phenoxy) is 1. The summed E-state index contributed by atoms with van der Waals surface area (Å²) < 4.78 is 10.9. The van der Waals surface area contributed by atoms with Gasteiger partial charge in [-0.25, -0.2) is 0 Å². The van der Waals surface area contributed by atoms with Crippen molar-refractivity contribution in [2.75, 3.05) is 23.4 Å². The van der Waals surface area contributed by atoms with Gasteiger partial charge in [0.15, 0.2) is 6.61 Å². The van der Waals surface area contributed by atoms with Gasteiger partial charge in [-0.05, 0) is 42.7 Å². The Kier molecular flexibility index (Phi) is 5.33. The van der Waals surface area contributed by atoms with E-state index in [-0.39, 0.29) is 23.7 Å². The molecule has 4 rings (SSSR count). The molecule has 1 aliphatic heterocycles. The Balaban J connectivity index is 1.35. The van der Waals surface area contributed by atoms with Crippen LogP contribution >= 0.6 is 0 Å². The Morgan fingerprint density at radius 2 is 2.03 bits per heavy atom. The third-order valence-electron chi connectivity index (χ3n) is 4.84. The van der Waals surface area contributed by atoms with Gasteiger partial charge in [0.1, 0.15) is 12.0 Å². The number of hydrogen-bond donors (Lipinski definition) is 1. The summed E-state index contributed by atoms with van der Waals surface area (Å²) in [5.74, 6) is 0.242. The first-order chi connectivity index (χ1) is 14.1. The SMILES string of the molecule is Cc1cccc(NC(=O)COc2coc(CN3CCc4ccccc43)cc2=O)c1. The number of para-hydroxylation sites is 1. The molecule has 2 aromatic carbocycles. The van der Waals surface area contributed by atoms with Gasteiger partial charge in [-0.2, -0.15) is 0 Å². The van der Waals surface area contributed by atoms with Gasteiger partial charge in [0.25, 0.3) is 5.91 Å². The normalized spacial score (nSPS) is 12.5. The van der Waals surface area contributed by atoms with Crippen molar-refractivity contribution in [3.63, 3.8) is 0 Å². The number of nitrogens with one attached hydrogen (secondary N) is 1. The van der Waals surface area contributed by atoms with Crippen molar-refractivity contribution in [3.05, 3.63) is 88.0 Å². The largest absolute Gasteiger partial charge is 0.477 e.